The second-order valence-electron chi connectivity index (χ2n) is 13.1. The molecule has 5 aliphatic rings. The molecule has 0 aromatic heterocycles. The third-order valence-electron chi connectivity index (χ3n) is 10.5. The van der Waals surface area contributed by atoms with Crippen LogP contribution in [0, 0.1) is 16.7 Å². The number of carbonyl (C=O) groups is 5. The number of ether oxygens (including phenoxy) is 5. The van der Waals surface area contributed by atoms with Crippen LogP contribution in [0.1, 0.15) is 65.7 Å². The van der Waals surface area contributed by atoms with Gasteiger partial charge in [0, 0.05) is 36.8 Å². The van der Waals surface area contributed by atoms with Crippen LogP contribution in [-0.4, -0.2) is 86.6 Å². The molecule has 252 valence electrons. The predicted molar refractivity (Wildman–Crippen MR) is 160 cm³/mol. The van der Waals surface area contributed by atoms with Crippen LogP contribution in [0.4, 0.5) is 0 Å². The molecule has 5 rings (SSSR count). The van der Waals surface area contributed by atoms with E-state index < -0.39 is 64.4 Å². The van der Waals surface area contributed by atoms with Crippen molar-refractivity contribution in [3.63, 3.8) is 0 Å². The highest BCUT2D eigenvalue weighted by molar-refractivity contribution is 5.86. The molecule has 3 aliphatic heterocycles. The van der Waals surface area contributed by atoms with E-state index in [1.165, 1.54) is 31.4 Å². The predicted octanol–water partition coefficient (Wildman–Crippen LogP) is 2.14. The number of cyclic esters (lactones) is 2. The van der Waals surface area contributed by atoms with Gasteiger partial charge in [0.15, 0.2) is 0 Å². The zero-order valence-corrected chi connectivity index (χ0v) is 26.8. The van der Waals surface area contributed by atoms with Gasteiger partial charge in [-0.15, -0.1) is 0 Å². The highest BCUT2D eigenvalue weighted by atomic mass is 16.6. The quantitative estimate of drug-likeness (QED) is 0.143. The van der Waals surface area contributed by atoms with Crippen molar-refractivity contribution in [2.45, 2.75) is 95.7 Å². The lowest BCUT2D eigenvalue weighted by atomic mass is 9.51. The Morgan fingerprint density at radius 2 is 1.74 bits per heavy atom. The molecule has 2 N–H and O–H groups in total. The number of rotatable bonds is 6. The van der Waals surface area contributed by atoms with Crippen molar-refractivity contribution in [1.29, 1.82) is 0 Å². The summed E-state index contributed by atoms with van der Waals surface area (Å²) in [6.07, 6.45) is 8.38. The topological polar surface area (TPSA) is 168 Å². The van der Waals surface area contributed by atoms with Crippen molar-refractivity contribution in [3.05, 3.63) is 36.0 Å². The lowest BCUT2D eigenvalue weighted by Crippen LogP contribution is -2.67. The Hall–Kier alpha value is -3.55. The van der Waals surface area contributed by atoms with Gasteiger partial charge < -0.3 is 29.0 Å². The van der Waals surface area contributed by atoms with Crippen LogP contribution in [0.15, 0.2) is 36.0 Å². The second-order valence-corrected chi connectivity index (χ2v) is 13.1. The summed E-state index contributed by atoms with van der Waals surface area (Å²) in [4.78, 5) is 68.4. The van der Waals surface area contributed by atoms with E-state index in [0.29, 0.717) is 19.4 Å². The van der Waals surface area contributed by atoms with Crippen LogP contribution in [0.2, 0.25) is 0 Å². The van der Waals surface area contributed by atoms with E-state index in [1.807, 2.05) is 6.92 Å². The van der Waals surface area contributed by atoms with Crippen molar-refractivity contribution in [3.8, 4) is 0 Å². The van der Waals surface area contributed by atoms with E-state index >= 15 is 0 Å². The highest BCUT2D eigenvalue weighted by Crippen LogP contribution is 2.72. The Balaban J connectivity index is 1.43. The van der Waals surface area contributed by atoms with Crippen LogP contribution in [0.3, 0.4) is 0 Å². The summed E-state index contributed by atoms with van der Waals surface area (Å²) in [6.45, 7) is 6.23. The third kappa shape index (κ3) is 6.37. The smallest absolute Gasteiger partial charge is 0.331 e. The SMILES string of the molecule is CONC(=O)CCCC(=O)N[C@H]1C(=O)OC[C@]23CCC(C)=C[C@H]2O[C@@H]2C[C@@H](OC(=O)/C=C\C=C\C(=O)OCC[C@H]1C)[C@@]3(C)[C@]21CO1. The minimum Gasteiger partial charge on any atom is -0.463 e. The number of hydrogen-bond donors (Lipinski definition) is 2. The Morgan fingerprint density at radius 3 is 2.46 bits per heavy atom. The van der Waals surface area contributed by atoms with Gasteiger partial charge in [0.05, 0.1) is 37.9 Å². The normalized spacial score (nSPS) is 38.9. The van der Waals surface area contributed by atoms with Crippen LogP contribution in [0.25, 0.3) is 0 Å². The lowest BCUT2D eigenvalue weighted by molar-refractivity contribution is -0.233. The molecule has 3 heterocycles. The molecular weight excluding hydrogens is 600 g/mol. The summed E-state index contributed by atoms with van der Waals surface area (Å²) in [6, 6.07) is -1.06. The standard InChI is InChI=1S/C33H44N2O11/c1-20-12-14-32-18-43-30(40)29(34-25(36)8-7-9-26(37)35-41-4)21(2)13-15-42-27(38)10-5-6-11-28(39)46-22-17-24(45-23(32)16-20)33(19-44-33)31(22,32)3/h5-6,10-11,16,21-24,29H,7-9,12-15,17-19H2,1-4H3,(H,34,36)(H,35,37)/b10-5+,11-6-/t21-,22-,23-,24-,29-,31-,32-,33+/m1/s1. The van der Waals surface area contributed by atoms with Crippen LogP contribution >= 0.6 is 0 Å². The number of hydroxylamine groups is 1. The van der Waals surface area contributed by atoms with Gasteiger partial charge in [0.25, 0.3) is 0 Å². The first kappa shape index (κ1) is 33.8. The van der Waals surface area contributed by atoms with E-state index in [-0.39, 0.29) is 50.9 Å². The Bertz CT molecular complexity index is 1320. The molecule has 8 atom stereocenters. The summed E-state index contributed by atoms with van der Waals surface area (Å²) in [5.74, 6) is -3.10. The van der Waals surface area contributed by atoms with Gasteiger partial charge in [-0.25, -0.2) is 19.9 Å². The average molecular weight is 645 g/mol. The molecule has 2 spiro atoms. The van der Waals surface area contributed by atoms with Crippen LogP contribution in [-0.2, 0) is 52.5 Å². The number of hydrogen-bond acceptors (Lipinski definition) is 11. The molecule has 13 heteroatoms. The molecule has 0 aromatic rings. The summed E-state index contributed by atoms with van der Waals surface area (Å²) in [5.41, 5.74) is 1.14. The maximum Gasteiger partial charge on any atom is 0.331 e. The van der Waals surface area contributed by atoms with E-state index in [2.05, 4.69) is 28.6 Å². The number of carbonyl (C=O) groups excluding carboxylic acids is 5. The highest BCUT2D eigenvalue weighted by Gasteiger charge is 2.83. The van der Waals surface area contributed by atoms with E-state index in [0.717, 1.165) is 12.0 Å². The number of esters is 3. The summed E-state index contributed by atoms with van der Waals surface area (Å²) >= 11 is 0. The second kappa shape index (κ2) is 13.7. The van der Waals surface area contributed by atoms with E-state index in [9.17, 15) is 24.0 Å². The van der Waals surface area contributed by atoms with Gasteiger partial charge >= 0.3 is 17.9 Å². The van der Waals surface area contributed by atoms with Crippen molar-refractivity contribution in [1.82, 2.24) is 10.8 Å². The fourth-order valence-electron chi connectivity index (χ4n) is 7.69. The first-order valence-corrected chi connectivity index (χ1v) is 15.9. The number of allylic oxidation sites excluding steroid dienone is 3. The number of nitrogens with one attached hydrogen (secondary N) is 2. The minimum atomic E-state index is -1.06. The average Bonchev–Trinajstić information content (AvgIpc) is 3.79. The van der Waals surface area contributed by atoms with Crippen LogP contribution in [0.5, 0.6) is 0 Å². The summed E-state index contributed by atoms with van der Waals surface area (Å²) in [5, 5.41) is 2.79. The molecule has 0 unspecified atom stereocenters. The Labute approximate surface area is 268 Å². The first-order valence-electron chi connectivity index (χ1n) is 15.9. The molecule has 0 aromatic carbocycles. The first-order chi connectivity index (χ1) is 22.0. The van der Waals surface area contributed by atoms with Gasteiger partial charge in [-0.1, -0.05) is 37.6 Å². The van der Waals surface area contributed by atoms with Gasteiger partial charge in [0.2, 0.25) is 11.8 Å². The zero-order chi connectivity index (χ0) is 33.1. The zero-order valence-electron chi connectivity index (χ0n) is 26.8. The number of amides is 2. The maximum atomic E-state index is 13.9. The molecule has 46 heavy (non-hydrogen) atoms. The largest absolute Gasteiger partial charge is 0.463 e. The molecule has 2 bridgehead atoms. The lowest BCUT2D eigenvalue weighted by Gasteiger charge is -2.58. The van der Waals surface area contributed by atoms with Gasteiger partial charge in [-0.3, -0.25) is 14.4 Å². The van der Waals surface area contributed by atoms with Gasteiger partial charge in [-0.05, 0) is 38.5 Å². The van der Waals surface area contributed by atoms with Crippen LogP contribution < -0.4 is 10.8 Å². The molecule has 0 radical (unpaired) electrons. The molecule has 1 saturated carbocycles. The molecule has 3 fully saturated rings. The summed E-state index contributed by atoms with van der Waals surface area (Å²) in [7, 11) is 1.32. The fraction of sp³-hybridized carbons (Fsp3) is 0.667. The minimum absolute atomic E-state index is 0.00276. The molecule has 2 saturated heterocycles. The van der Waals surface area contributed by atoms with Crippen molar-refractivity contribution in [2.24, 2.45) is 16.7 Å². The van der Waals surface area contributed by atoms with Crippen molar-refractivity contribution < 1.29 is 52.5 Å². The van der Waals surface area contributed by atoms with Crippen molar-refractivity contribution >= 4 is 29.7 Å². The molecule has 2 aliphatic carbocycles. The monoisotopic (exact) mass is 644 g/mol. The third-order valence-corrected chi connectivity index (χ3v) is 10.5. The number of epoxide rings is 1. The van der Waals surface area contributed by atoms with Gasteiger partial charge in [0.1, 0.15) is 24.4 Å². The summed E-state index contributed by atoms with van der Waals surface area (Å²) < 4.78 is 30.3. The Morgan fingerprint density at radius 1 is 1.02 bits per heavy atom. The van der Waals surface area contributed by atoms with Gasteiger partial charge in [-0.2, -0.15) is 0 Å². The van der Waals surface area contributed by atoms with E-state index in [4.69, 9.17) is 23.7 Å². The molecule has 13 nitrogen and oxygen atoms in total. The molecule has 2 amide bonds. The van der Waals surface area contributed by atoms with E-state index in [1.54, 1.807) is 6.92 Å². The fourth-order valence-corrected chi connectivity index (χ4v) is 7.69. The molecular formula is C33H44N2O11. The Kier molecular flexibility index (Phi) is 10.0. The van der Waals surface area contributed by atoms with Crippen molar-refractivity contribution in [2.75, 3.05) is 26.9 Å². The maximum absolute atomic E-state index is 13.9.